The van der Waals surface area contributed by atoms with Crippen LogP contribution in [0.1, 0.15) is 23.7 Å². The Morgan fingerprint density at radius 2 is 1.93 bits per heavy atom. The molecule has 0 aliphatic rings. The molecule has 0 radical (unpaired) electrons. The number of ketones is 2. The fourth-order valence-corrected chi connectivity index (χ4v) is 1.29. The molecule has 1 aromatic carbocycles. The molecule has 0 amide bonds. The molecule has 3 heteroatoms. The van der Waals surface area contributed by atoms with E-state index in [1.807, 2.05) is 6.07 Å². The maximum atomic E-state index is 11.7. The van der Waals surface area contributed by atoms with Crippen molar-refractivity contribution in [1.29, 1.82) is 5.26 Å². The number of carbonyl (C=O) groups excluding carboxylic acids is 2. The van der Waals surface area contributed by atoms with Crippen LogP contribution in [0.15, 0.2) is 30.3 Å². The van der Waals surface area contributed by atoms with Crippen LogP contribution in [0.25, 0.3) is 0 Å². The van der Waals surface area contributed by atoms with Gasteiger partial charge in [0.05, 0.1) is 6.07 Å². The molecule has 15 heavy (non-hydrogen) atoms. The third-order valence-electron chi connectivity index (χ3n) is 2.02. The van der Waals surface area contributed by atoms with E-state index in [2.05, 4.69) is 0 Å². The second-order valence-corrected chi connectivity index (χ2v) is 3.32. The summed E-state index contributed by atoms with van der Waals surface area (Å²) in [6, 6.07) is 10.4. The summed E-state index contributed by atoms with van der Waals surface area (Å²) in [5, 5.41) is 8.78. The van der Waals surface area contributed by atoms with Crippen molar-refractivity contribution < 1.29 is 9.59 Å². The van der Waals surface area contributed by atoms with Crippen LogP contribution >= 0.6 is 0 Å². The topological polar surface area (TPSA) is 57.9 Å². The van der Waals surface area contributed by atoms with Gasteiger partial charge in [0.25, 0.3) is 0 Å². The van der Waals surface area contributed by atoms with Crippen LogP contribution in [-0.4, -0.2) is 11.6 Å². The van der Waals surface area contributed by atoms with Crippen molar-refractivity contribution >= 4 is 11.6 Å². The summed E-state index contributed by atoms with van der Waals surface area (Å²) >= 11 is 0. The van der Waals surface area contributed by atoms with Crippen LogP contribution in [-0.2, 0) is 4.79 Å². The highest BCUT2D eigenvalue weighted by Gasteiger charge is 2.20. The summed E-state index contributed by atoms with van der Waals surface area (Å²) in [6.45, 7) is 1.38. The first-order chi connectivity index (χ1) is 7.15. The van der Waals surface area contributed by atoms with E-state index in [-0.39, 0.29) is 18.0 Å². The predicted molar refractivity (Wildman–Crippen MR) is 55.2 cm³/mol. The molecule has 1 aromatic rings. The van der Waals surface area contributed by atoms with Gasteiger partial charge in [-0.25, -0.2) is 0 Å². The van der Waals surface area contributed by atoms with Gasteiger partial charge in [-0.05, 0) is 6.92 Å². The van der Waals surface area contributed by atoms with E-state index in [0.29, 0.717) is 5.56 Å². The normalized spacial score (nSPS) is 11.5. The van der Waals surface area contributed by atoms with Crippen LogP contribution in [0.2, 0.25) is 0 Å². The average Bonchev–Trinajstić information content (AvgIpc) is 2.26. The van der Waals surface area contributed by atoms with E-state index < -0.39 is 5.92 Å². The highest BCUT2D eigenvalue weighted by molar-refractivity contribution is 6.01. The fraction of sp³-hybridized carbons (Fsp3) is 0.250. The highest BCUT2D eigenvalue weighted by atomic mass is 16.1. The zero-order valence-electron chi connectivity index (χ0n) is 8.43. The zero-order chi connectivity index (χ0) is 11.3. The molecular weight excluding hydrogens is 190 g/mol. The van der Waals surface area contributed by atoms with Gasteiger partial charge in [0.15, 0.2) is 5.78 Å². The van der Waals surface area contributed by atoms with E-state index in [1.54, 1.807) is 30.3 Å². The summed E-state index contributed by atoms with van der Waals surface area (Å²) in [4.78, 5) is 22.6. The zero-order valence-corrected chi connectivity index (χ0v) is 8.43. The monoisotopic (exact) mass is 201 g/mol. The third kappa shape index (κ3) is 3.03. The molecule has 0 saturated heterocycles. The van der Waals surface area contributed by atoms with Gasteiger partial charge < -0.3 is 0 Å². The first-order valence-corrected chi connectivity index (χ1v) is 4.63. The molecule has 0 aliphatic heterocycles. The smallest absolute Gasteiger partial charge is 0.180 e. The molecule has 0 spiro atoms. The number of hydrogen-bond donors (Lipinski definition) is 0. The van der Waals surface area contributed by atoms with E-state index in [0.717, 1.165) is 0 Å². The van der Waals surface area contributed by atoms with Gasteiger partial charge >= 0.3 is 0 Å². The van der Waals surface area contributed by atoms with Crippen LogP contribution in [0.3, 0.4) is 0 Å². The fourth-order valence-electron chi connectivity index (χ4n) is 1.29. The summed E-state index contributed by atoms with van der Waals surface area (Å²) in [5.41, 5.74) is 0.477. The third-order valence-corrected chi connectivity index (χ3v) is 2.02. The van der Waals surface area contributed by atoms with Gasteiger partial charge in [0.2, 0.25) is 0 Å². The van der Waals surface area contributed by atoms with Crippen molar-refractivity contribution in [3.63, 3.8) is 0 Å². The van der Waals surface area contributed by atoms with Crippen molar-refractivity contribution in [2.24, 2.45) is 5.92 Å². The number of rotatable bonds is 4. The minimum atomic E-state index is -0.857. The van der Waals surface area contributed by atoms with Crippen LogP contribution in [0.5, 0.6) is 0 Å². The van der Waals surface area contributed by atoms with Gasteiger partial charge in [0.1, 0.15) is 11.7 Å². The lowest BCUT2D eigenvalue weighted by atomic mass is 9.94. The Kier molecular flexibility index (Phi) is 3.75. The van der Waals surface area contributed by atoms with Gasteiger partial charge in [-0.3, -0.25) is 9.59 Å². The van der Waals surface area contributed by atoms with E-state index in [4.69, 9.17) is 5.26 Å². The summed E-state index contributed by atoms with van der Waals surface area (Å²) in [7, 11) is 0. The maximum Gasteiger partial charge on any atom is 0.180 e. The lowest BCUT2D eigenvalue weighted by molar-refractivity contribution is -0.117. The Morgan fingerprint density at radius 1 is 1.33 bits per heavy atom. The molecule has 0 fully saturated rings. The molecule has 0 saturated carbocycles. The van der Waals surface area contributed by atoms with Crippen LogP contribution in [0.4, 0.5) is 0 Å². The molecule has 0 bridgehead atoms. The predicted octanol–water partition coefficient (Wildman–Crippen LogP) is 1.99. The minimum absolute atomic E-state index is 0.00969. The molecule has 1 atom stereocenters. The van der Waals surface area contributed by atoms with Gasteiger partial charge in [-0.1, -0.05) is 30.3 Å². The summed E-state index contributed by atoms with van der Waals surface area (Å²) in [6.07, 6.45) is -0.00969. The first kappa shape index (κ1) is 11.1. The van der Waals surface area contributed by atoms with Crippen molar-refractivity contribution in [3.05, 3.63) is 35.9 Å². The van der Waals surface area contributed by atoms with Crippen molar-refractivity contribution in [1.82, 2.24) is 0 Å². The molecule has 0 N–H and O–H groups in total. The number of Topliss-reactive ketones (excluding diaryl/α,β-unsaturated/α-hetero) is 2. The summed E-state index contributed by atoms with van der Waals surface area (Å²) < 4.78 is 0. The molecule has 1 rings (SSSR count). The van der Waals surface area contributed by atoms with Crippen molar-refractivity contribution in [2.45, 2.75) is 13.3 Å². The van der Waals surface area contributed by atoms with Gasteiger partial charge in [-0.2, -0.15) is 5.26 Å². The second-order valence-electron chi connectivity index (χ2n) is 3.32. The van der Waals surface area contributed by atoms with Gasteiger partial charge in [0, 0.05) is 12.0 Å². The molecular formula is C12H11NO2. The lowest BCUT2D eigenvalue weighted by Gasteiger charge is -2.05. The Morgan fingerprint density at radius 3 is 2.40 bits per heavy atom. The number of hydrogen-bond acceptors (Lipinski definition) is 3. The Hall–Kier alpha value is -1.95. The standard InChI is InChI=1S/C12H11NO2/c1-9(14)7-11(8-13)12(15)10-5-3-2-4-6-10/h2-6,11H,7H2,1H3. The number of benzene rings is 1. The Bertz CT molecular complexity index is 403. The minimum Gasteiger partial charge on any atom is -0.300 e. The van der Waals surface area contributed by atoms with Crippen molar-refractivity contribution in [2.75, 3.05) is 0 Å². The highest BCUT2D eigenvalue weighted by Crippen LogP contribution is 2.12. The molecule has 0 aromatic heterocycles. The quantitative estimate of drug-likeness (QED) is 0.700. The molecule has 76 valence electrons. The summed E-state index contributed by atoms with van der Waals surface area (Å²) in [5.74, 6) is -1.29. The maximum absolute atomic E-state index is 11.7. The largest absolute Gasteiger partial charge is 0.300 e. The Balaban J connectivity index is 2.84. The second kappa shape index (κ2) is 5.06. The Labute approximate surface area is 88.3 Å². The van der Waals surface area contributed by atoms with E-state index in [9.17, 15) is 9.59 Å². The molecule has 0 heterocycles. The van der Waals surface area contributed by atoms with E-state index >= 15 is 0 Å². The molecule has 3 nitrogen and oxygen atoms in total. The lowest BCUT2D eigenvalue weighted by Crippen LogP contribution is -2.15. The number of nitriles is 1. The van der Waals surface area contributed by atoms with Crippen molar-refractivity contribution in [3.8, 4) is 6.07 Å². The van der Waals surface area contributed by atoms with E-state index in [1.165, 1.54) is 6.92 Å². The number of carbonyl (C=O) groups is 2. The van der Waals surface area contributed by atoms with Crippen LogP contribution in [0, 0.1) is 17.2 Å². The average molecular weight is 201 g/mol. The first-order valence-electron chi connectivity index (χ1n) is 4.63. The number of nitrogens with zero attached hydrogens (tertiary/aromatic N) is 1. The van der Waals surface area contributed by atoms with Gasteiger partial charge in [-0.15, -0.1) is 0 Å². The molecule has 0 aliphatic carbocycles. The SMILES string of the molecule is CC(=O)CC(C#N)C(=O)c1ccccc1. The molecule has 1 unspecified atom stereocenters. The van der Waals surface area contributed by atoms with Crippen LogP contribution < -0.4 is 0 Å².